The summed E-state index contributed by atoms with van der Waals surface area (Å²) >= 11 is 3.36. The second-order valence-electron chi connectivity index (χ2n) is 4.19. The van der Waals surface area contributed by atoms with Gasteiger partial charge in [-0.05, 0) is 17.7 Å². The van der Waals surface area contributed by atoms with Crippen molar-refractivity contribution in [1.29, 1.82) is 0 Å². The molecule has 0 aliphatic carbocycles. The second kappa shape index (κ2) is 5.79. The van der Waals surface area contributed by atoms with Crippen LogP contribution in [0.4, 0.5) is 0 Å². The van der Waals surface area contributed by atoms with Crippen LogP contribution in [0.2, 0.25) is 0 Å². The van der Waals surface area contributed by atoms with E-state index in [4.69, 9.17) is 9.84 Å². The number of nitrogens with one attached hydrogen (secondary N) is 1. The Bertz CT molecular complexity index is 440. The molecule has 1 aliphatic heterocycles. The maximum atomic E-state index is 10.8. The van der Waals surface area contributed by atoms with E-state index in [0.717, 1.165) is 10.0 Å². The smallest absolute Gasteiger partial charge is 0.323 e. The van der Waals surface area contributed by atoms with Crippen molar-refractivity contribution < 1.29 is 19.7 Å². The van der Waals surface area contributed by atoms with Crippen molar-refractivity contribution in [2.75, 3.05) is 6.54 Å². The van der Waals surface area contributed by atoms with Crippen molar-refractivity contribution in [2.45, 2.75) is 24.9 Å². The largest absolute Gasteiger partial charge is 0.480 e. The van der Waals surface area contributed by atoms with Crippen LogP contribution >= 0.6 is 15.9 Å². The Morgan fingerprint density at radius 2 is 2.33 bits per heavy atom. The van der Waals surface area contributed by atoms with Crippen LogP contribution in [0.15, 0.2) is 28.7 Å². The molecular formula is C12H14BrNO4. The first-order valence-electron chi connectivity index (χ1n) is 5.58. The lowest BCUT2D eigenvalue weighted by molar-refractivity contribution is -0.142. The minimum absolute atomic E-state index is 0.339. The fourth-order valence-electron chi connectivity index (χ4n) is 1.92. The fraction of sp³-hybridized carbons (Fsp3) is 0.417. The molecule has 1 aliphatic rings. The number of ether oxygens (including phenoxy) is 1. The average Bonchev–Trinajstić information content (AvgIpc) is 2.68. The molecule has 2 unspecified atom stereocenters. The van der Waals surface area contributed by atoms with Crippen molar-refractivity contribution in [1.82, 2.24) is 5.32 Å². The number of carbonyl (C=O) groups is 1. The Kier molecular flexibility index (Phi) is 4.34. The molecule has 2 rings (SSSR count). The Morgan fingerprint density at radius 3 is 2.94 bits per heavy atom. The Labute approximate surface area is 113 Å². The zero-order chi connectivity index (χ0) is 13.1. The Balaban J connectivity index is 1.90. The second-order valence-corrected chi connectivity index (χ2v) is 5.11. The predicted octanol–water partition coefficient (Wildman–Crippen LogP) is 0.752. The molecular weight excluding hydrogens is 302 g/mol. The van der Waals surface area contributed by atoms with E-state index in [1.807, 2.05) is 24.3 Å². The molecule has 0 aromatic heterocycles. The van der Waals surface area contributed by atoms with E-state index in [0.29, 0.717) is 13.2 Å². The van der Waals surface area contributed by atoms with Crippen LogP contribution < -0.4 is 5.32 Å². The molecule has 5 nitrogen and oxygen atoms in total. The highest BCUT2D eigenvalue weighted by atomic mass is 79.9. The van der Waals surface area contributed by atoms with Crippen LogP contribution in [-0.4, -0.2) is 41.0 Å². The van der Waals surface area contributed by atoms with Crippen molar-refractivity contribution >= 4 is 21.9 Å². The quantitative estimate of drug-likeness (QED) is 0.764. The van der Waals surface area contributed by atoms with Crippen LogP contribution in [0, 0.1) is 0 Å². The lowest BCUT2D eigenvalue weighted by atomic mass is 10.1. The fourth-order valence-corrected chi connectivity index (χ4v) is 2.37. The summed E-state index contributed by atoms with van der Waals surface area (Å²) in [5.41, 5.74) is 0.968. The number of aliphatic hydroxyl groups is 1. The molecule has 1 aromatic carbocycles. The third kappa shape index (κ3) is 3.08. The summed E-state index contributed by atoms with van der Waals surface area (Å²) in [4.78, 5) is 10.8. The minimum Gasteiger partial charge on any atom is -0.480 e. The maximum Gasteiger partial charge on any atom is 0.323 e. The molecule has 18 heavy (non-hydrogen) atoms. The van der Waals surface area contributed by atoms with Crippen molar-refractivity contribution in [3.63, 3.8) is 0 Å². The molecule has 98 valence electrons. The number of rotatable bonds is 4. The van der Waals surface area contributed by atoms with Crippen LogP contribution in [0.1, 0.15) is 5.56 Å². The summed E-state index contributed by atoms with van der Waals surface area (Å²) < 4.78 is 6.50. The zero-order valence-corrected chi connectivity index (χ0v) is 11.1. The van der Waals surface area contributed by atoms with Gasteiger partial charge in [-0.3, -0.25) is 10.1 Å². The molecule has 1 aromatic rings. The molecule has 1 fully saturated rings. The Hall–Kier alpha value is -0.950. The summed E-state index contributed by atoms with van der Waals surface area (Å²) in [6.07, 6.45) is -1.51. The van der Waals surface area contributed by atoms with E-state index in [2.05, 4.69) is 21.2 Å². The molecule has 6 heteroatoms. The number of hydrogen-bond acceptors (Lipinski definition) is 4. The Morgan fingerprint density at radius 1 is 1.56 bits per heavy atom. The number of hydrogen-bond donors (Lipinski definition) is 3. The molecule has 0 saturated carbocycles. The minimum atomic E-state index is -1.06. The van der Waals surface area contributed by atoms with Gasteiger partial charge in [-0.1, -0.05) is 28.1 Å². The first kappa shape index (κ1) is 13.5. The van der Waals surface area contributed by atoms with Crippen molar-refractivity contribution in [3.05, 3.63) is 34.3 Å². The number of carboxylic acid groups (broad SMARTS) is 1. The van der Waals surface area contributed by atoms with Gasteiger partial charge >= 0.3 is 5.97 Å². The highest BCUT2D eigenvalue weighted by Crippen LogP contribution is 2.16. The summed E-state index contributed by atoms with van der Waals surface area (Å²) in [6, 6.07) is 6.69. The zero-order valence-electron chi connectivity index (χ0n) is 9.54. The first-order valence-corrected chi connectivity index (χ1v) is 6.37. The van der Waals surface area contributed by atoms with Gasteiger partial charge in [0, 0.05) is 11.0 Å². The van der Waals surface area contributed by atoms with Crippen molar-refractivity contribution in [2.24, 2.45) is 0 Å². The van der Waals surface area contributed by atoms with Crippen LogP contribution in [-0.2, 0) is 16.1 Å². The molecule has 0 bridgehead atoms. The standard InChI is InChI=1S/C12H14BrNO4/c13-8-3-1-2-7(4-8)6-18-9-5-14-10(11(9)15)12(16)17/h1-4,9-11,14-15H,5-6H2,(H,16,17)/t9?,10-,11?/m0/s1. The lowest BCUT2D eigenvalue weighted by Crippen LogP contribution is -2.40. The van der Waals surface area contributed by atoms with Gasteiger partial charge in [0.15, 0.2) is 0 Å². The number of aliphatic carboxylic acids is 1. The first-order chi connectivity index (χ1) is 8.58. The van der Waals surface area contributed by atoms with Gasteiger partial charge < -0.3 is 14.9 Å². The van der Waals surface area contributed by atoms with E-state index >= 15 is 0 Å². The summed E-state index contributed by atoms with van der Waals surface area (Å²) in [5.74, 6) is -1.06. The monoisotopic (exact) mass is 315 g/mol. The van der Waals surface area contributed by atoms with Gasteiger partial charge in [-0.25, -0.2) is 0 Å². The van der Waals surface area contributed by atoms with Crippen LogP contribution in [0.5, 0.6) is 0 Å². The molecule has 1 heterocycles. The van der Waals surface area contributed by atoms with E-state index in [1.165, 1.54) is 0 Å². The molecule has 1 saturated heterocycles. The molecule has 3 atom stereocenters. The van der Waals surface area contributed by atoms with Gasteiger partial charge in [0.05, 0.1) is 12.7 Å². The summed E-state index contributed by atoms with van der Waals surface area (Å²) in [5, 5.41) is 21.3. The van der Waals surface area contributed by atoms with Crippen molar-refractivity contribution in [3.8, 4) is 0 Å². The highest BCUT2D eigenvalue weighted by Gasteiger charge is 2.39. The third-order valence-electron chi connectivity index (χ3n) is 2.88. The van der Waals surface area contributed by atoms with Crippen LogP contribution in [0.25, 0.3) is 0 Å². The third-order valence-corrected chi connectivity index (χ3v) is 3.37. The average molecular weight is 316 g/mol. The molecule has 0 amide bonds. The summed E-state index contributed by atoms with van der Waals surface area (Å²) in [7, 11) is 0. The number of halogens is 1. The maximum absolute atomic E-state index is 10.8. The van der Waals surface area contributed by atoms with E-state index < -0.39 is 24.2 Å². The predicted molar refractivity (Wildman–Crippen MR) is 68.2 cm³/mol. The number of benzene rings is 1. The highest BCUT2D eigenvalue weighted by molar-refractivity contribution is 9.10. The number of aliphatic hydroxyl groups excluding tert-OH is 1. The molecule has 3 N–H and O–H groups in total. The van der Waals surface area contributed by atoms with Gasteiger partial charge in [0.25, 0.3) is 0 Å². The number of carboxylic acids is 1. The normalized spacial score (nSPS) is 27.3. The SMILES string of the molecule is O=C(O)[C@H]1NCC(OCc2cccc(Br)c2)C1O. The molecule has 0 radical (unpaired) electrons. The summed E-state index contributed by atoms with van der Waals surface area (Å²) in [6.45, 7) is 0.682. The van der Waals surface area contributed by atoms with E-state index in [9.17, 15) is 9.90 Å². The molecule has 0 spiro atoms. The van der Waals surface area contributed by atoms with Crippen LogP contribution in [0.3, 0.4) is 0 Å². The van der Waals surface area contributed by atoms with Gasteiger partial charge in [-0.15, -0.1) is 0 Å². The lowest BCUT2D eigenvalue weighted by Gasteiger charge is -2.16. The van der Waals surface area contributed by atoms with Gasteiger partial charge in [0.2, 0.25) is 0 Å². The van der Waals surface area contributed by atoms with E-state index in [-0.39, 0.29) is 0 Å². The van der Waals surface area contributed by atoms with E-state index in [1.54, 1.807) is 0 Å². The van der Waals surface area contributed by atoms with Gasteiger partial charge in [-0.2, -0.15) is 0 Å². The van der Waals surface area contributed by atoms with Gasteiger partial charge in [0.1, 0.15) is 12.1 Å². The topological polar surface area (TPSA) is 78.8 Å².